The number of ether oxygens (including phenoxy) is 3. The second kappa shape index (κ2) is 13.1. The molecule has 11 atom stereocenters. The molecule has 8 nitrogen and oxygen atoms in total. The molecule has 1 N–H and O–H groups in total. The van der Waals surface area contributed by atoms with Gasteiger partial charge in [0.05, 0.1) is 55.4 Å². The highest BCUT2D eigenvalue weighted by Crippen LogP contribution is 2.77. The number of fused-ring (bicyclic) bond motifs is 7. The second-order valence-corrected chi connectivity index (χ2v) is 18.1. The first-order valence-electron chi connectivity index (χ1n) is 19.3. The van der Waals surface area contributed by atoms with Crippen LogP contribution in [0.3, 0.4) is 0 Å². The molecular formula is C41H64N2O6. The first-order valence-corrected chi connectivity index (χ1v) is 19.3. The Bertz CT molecular complexity index is 1420. The van der Waals surface area contributed by atoms with Crippen molar-refractivity contribution in [1.29, 1.82) is 0 Å². The number of hydrogen-bond acceptors (Lipinski definition) is 7. The van der Waals surface area contributed by atoms with Crippen LogP contribution in [-0.4, -0.2) is 58.1 Å². The number of hydrogen-bond donors (Lipinski definition) is 1. The highest BCUT2D eigenvalue weighted by molar-refractivity contribution is 5.78. The zero-order valence-electron chi connectivity index (χ0n) is 31.7. The molecular weight excluding hydrogens is 616 g/mol. The summed E-state index contributed by atoms with van der Waals surface area (Å²) < 4.78 is 20.2. The van der Waals surface area contributed by atoms with Crippen molar-refractivity contribution >= 4 is 11.9 Å². The number of esters is 2. The van der Waals surface area contributed by atoms with Gasteiger partial charge in [0, 0.05) is 18.2 Å². The van der Waals surface area contributed by atoms with Gasteiger partial charge in [0.25, 0.3) is 0 Å². The minimum absolute atomic E-state index is 0.0151. The van der Waals surface area contributed by atoms with Crippen LogP contribution < -0.4 is 0 Å². The molecule has 4 aliphatic carbocycles. The number of aromatic nitrogens is 2. The number of unbranched alkanes of at least 4 members (excludes halogenated alkanes) is 3. The van der Waals surface area contributed by atoms with Crippen molar-refractivity contribution in [2.24, 2.45) is 51.2 Å². The van der Waals surface area contributed by atoms with Crippen LogP contribution in [0, 0.1) is 58.2 Å². The Kier molecular flexibility index (Phi) is 9.78. The van der Waals surface area contributed by atoms with Crippen LogP contribution in [0.4, 0.5) is 0 Å². The molecule has 1 aromatic rings. The molecule has 4 saturated carbocycles. The van der Waals surface area contributed by atoms with Crippen LogP contribution in [0.25, 0.3) is 0 Å². The number of allylic oxidation sites excluding steroid dienone is 1. The maximum atomic E-state index is 14.3. The van der Waals surface area contributed by atoms with Gasteiger partial charge in [-0.15, -0.1) is 0 Å². The molecule has 5 fully saturated rings. The standard InChI is InChI=1S/C41H64N2O6/c1-26(2)28-14-17-41(36(46)48-21-13-11-10-12-20-43-24-27(3)42-25-43)19-18-38(6)29(34(28)41)22-30(44)35-39(38,7)16-15-31-37(4,5)49-32(40(31,35)8)23-33(45)47-9/h24-25,28-32,34-35,44H,1,10-23H2,2-9H3/t28-,29+,30+,31?,32?,34+,35-,38+,39+,40+,41-/m0/s1. The fourth-order valence-corrected chi connectivity index (χ4v) is 13.1. The van der Waals surface area contributed by atoms with E-state index in [4.69, 9.17) is 14.2 Å². The number of aliphatic hydroxyl groups excluding tert-OH is 1. The summed E-state index contributed by atoms with van der Waals surface area (Å²) in [6, 6.07) is 0. The van der Waals surface area contributed by atoms with Crippen LogP contribution in [0.1, 0.15) is 124 Å². The molecule has 2 unspecified atom stereocenters. The van der Waals surface area contributed by atoms with Gasteiger partial charge in [0.2, 0.25) is 0 Å². The van der Waals surface area contributed by atoms with Gasteiger partial charge in [-0.1, -0.05) is 39.3 Å². The Hall–Kier alpha value is -2.19. The molecule has 2 heterocycles. The fraction of sp³-hybridized carbons (Fsp3) is 0.829. The lowest BCUT2D eigenvalue weighted by atomic mass is 9.33. The Morgan fingerprint density at radius 1 is 1.04 bits per heavy atom. The summed E-state index contributed by atoms with van der Waals surface area (Å²) in [4.78, 5) is 31.3. The van der Waals surface area contributed by atoms with E-state index in [9.17, 15) is 14.7 Å². The SMILES string of the molecule is C=C(C)[C@@H]1CC[C@]2(C(=O)OCCCCCCn3cnc(C)c3)CC[C@]3(C)[C@H](C[C@@H](O)[C@@H]4[C@@]5(C)C(CC(=O)OC)OC(C)(C)C5CC[C@]43C)[C@@H]12. The molecule has 1 saturated heterocycles. The summed E-state index contributed by atoms with van der Waals surface area (Å²) in [5, 5.41) is 12.5. The van der Waals surface area contributed by atoms with Gasteiger partial charge in [0.15, 0.2) is 0 Å². The minimum atomic E-state index is -0.557. The zero-order valence-corrected chi connectivity index (χ0v) is 31.7. The highest BCUT2D eigenvalue weighted by Gasteiger charge is 2.76. The van der Waals surface area contributed by atoms with Gasteiger partial charge < -0.3 is 23.9 Å². The maximum Gasteiger partial charge on any atom is 0.312 e. The Balaban J connectivity index is 1.21. The first kappa shape index (κ1) is 36.6. The van der Waals surface area contributed by atoms with Gasteiger partial charge in [-0.25, -0.2) is 4.98 Å². The molecule has 6 rings (SSSR count). The number of nitrogens with zero attached hydrogens (tertiary/aromatic N) is 2. The maximum absolute atomic E-state index is 14.3. The van der Waals surface area contributed by atoms with Crippen LogP contribution in [0.15, 0.2) is 24.7 Å². The molecule has 274 valence electrons. The van der Waals surface area contributed by atoms with E-state index in [0.29, 0.717) is 13.0 Å². The lowest BCUT2D eigenvalue weighted by Crippen LogP contribution is -2.69. The van der Waals surface area contributed by atoms with Gasteiger partial charge in [-0.3, -0.25) is 9.59 Å². The van der Waals surface area contributed by atoms with Crippen molar-refractivity contribution in [2.75, 3.05) is 13.7 Å². The summed E-state index contributed by atoms with van der Waals surface area (Å²) >= 11 is 0. The lowest BCUT2D eigenvalue weighted by Gasteiger charge is -2.71. The van der Waals surface area contributed by atoms with E-state index in [2.05, 4.69) is 63.9 Å². The number of carbonyl (C=O) groups excluding carboxylic acids is 2. The van der Waals surface area contributed by atoms with Gasteiger partial charge >= 0.3 is 11.9 Å². The van der Waals surface area contributed by atoms with E-state index in [-0.39, 0.29) is 70.3 Å². The van der Waals surface area contributed by atoms with E-state index < -0.39 is 17.1 Å². The van der Waals surface area contributed by atoms with Crippen LogP contribution >= 0.6 is 0 Å². The first-order chi connectivity index (χ1) is 23.0. The van der Waals surface area contributed by atoms with Gasteiger partial charge in [0.1, 0.15) is 0 Å². The minimum Gasteiger partial charge on any atom is -0.469 e. The quantitative estimate of drug-likeness (QED) is 0.144. The molecule has 5 aliphatic rings. The largest absolute Gasteiger partial charge is 0.469 e. The number of methoxy groups -OCH3 is 1. The zero-order chi connectivity index (χ0) is 35.6. The molecule has 0 aromatic carbocycles. The van der Waals surface area contributed by atoms with Gasteiger partial charge in [-0.05, 0) is 132 Å². The predicted octanol–water partition coefficient (Wildman–Crippen LogP) is 7.84. The predicted molar refractivity (Wildman–Crippen MR) is 189 cm³/mol. The summed E-state index contributed by atoms with van der Waals surface area (Å²) in [7, 11) is 1.44. The third-order valence-electron chi connectivity index (χ3n) is 15.5. The molecule has 1 aromatic heterocycles. The van der Waals surface area contributed by atoms with E-state index in [1.165, 1.54) is 7.11 Å². The number of aliphatic hydroxyl groups is 1. The van der Waals surface area contributed by atoms with E-state index in [0.717, 1.165) is 82.0 Å². The molecule has 1 aliphatic heterocycles. The van der Waals surface area contributed by atoms with Crippen LogP contribution in [0.2, 0.25) is 0 Å². The van der Waals surface area contributed by atoms with Crippen molar-refractivity contribution in [3.05, 3.63) is 30.4 Å². The summed E-state index contributed by atoms with van der Waals surface area (Å²) in [6.07, 6.45) is 13.6. The fourth-order valence-electron chi connectivity index (χ4n) is 13.1. The van der Waals surface area contributed by atoms with Gasteiger partial charge in [-0.2, -0.15) is 0 Å². The van der Waals surface area contributed by atoms with Crippen LogP contribution in [0.5, 0.6) is 0 Å². The third-order valence-corrected chi connectivity index (χ3v) is 15.5. The van der Waals surface area contributed by atoms with E-state index >= 15 is 0 Å². The summed E-state index contributed by atoms with van der Waals surface area (Å²) in [5.74, 6) is 0.446. The van der Waals surface area contributed by atoms with Crippen molar-refractivity contribution in [3.8, 4) is 0 Å². The van der Waals surface area contributed by atoms with Crippen molar-refractivity contribution < 1.29 is 28.9 Å². The van der Waals surface area contributed by atoms with E-state index in [1.807, 2.05) is 13.3 Å². The summed E-state index contributed by atoms with van der Waals surface area (Å²) in [6.45, 7) is 21.6. The van der Waals surface area contributed by atoms with Crippen LogP contribution in [-0.2, 0) is 30.3 Å². The third kappa shape index (κ3) is 5.74. The van der Waals surface area contributed by atoms with Crippen molar-refractivity contribution in [2.45, 2.75) is 150 Å². The van der Waals surface area contributed by atoms with Crippen molar-refractivity contribution in [1.82, 2.24) is 9.55 Å². The molecule has 0 radical (unpaired) electrons. The normalized spacial score (nSPS) is 42.0. The lowest BCUT2D eigenvalue weighted by molar-refractivity contribution is -0.255. The number of imidazole rings is 1. The Morgan fingerprint density at radius 2 is 1.78 bits per heavy atom. The Labute approximate surface area is 295 Å². The number of rotatable bonds is 11. The molecule has 0 amide bonds. The monoisotopic (exact) mass is 680 g/mol. The average Bonchev–Trinajstić information content (AvgIpc) is 3.69. The Morgan fingerprint density at radius 3 is 2.45 bits per heavy atom. The summed E-state index contributed by atoms with van der Waals surface area (Å²) in [5.41, 5.74) is 0.616. The number of aryl methyl sites for hydroxylation is 2. The van der Waals surface area contributed by atoms with Crippen molar-refractivity contribution in [3.63, 3.8) is 0 Å². The number of carbonyl (C=O) groups is 2. The van der Waals surface area contributed by atoms with E-state index in [1.54, 1.807) is 0 Å². The molecule has 0 bridgehead atoms. The topological polar surface area (TPSA) is 99.9 Å². The molecule has 49 heavy (non-hydrogen) atoms. The average molecular weight is 681 g/mol. The smallest absolute Gasteiger partial charge is 0.312 e. The molecule has 0 spiro atoms. The second-order valence-electron chi connectivity index (χ2n) is 18.1. The highest BCUT2D eigenvalue weighted by atomic mass is 16.5. The molecule has 8 heteroatoms.